The summed E-state index contributed by atoms with van der Waals surface area (Å²) >= 11 is 5.94. The summed E-state index contributed by atoms with van der Waals surface area (Å²) in [5.74, 6) is 0.247. The van der Waals surface area contributed by atoms with Gasteiger partial charge in [0.05, 0.1) is 16.8 Å². The van der Waals surface area contributed by atoms with Crippen molar-refractivity contribution in [3.05, 3.63) is 77.4 Å². The molecule has 0 radical (unpaired) electrons. The van der Waals surface area contributed by atoms with Crippen LogP contribution in [0.3, 0.4) is 0 Å². The number of rotatable bonds is 5. The van der Waals surface area contributed by atoms with Crippen LogP contribution < -0.4 is 10.0 Å². The Hall–Kier alpha value is -2.57. The van der Waals surface area contributed by atoms with Crippen LogP contribution >= 0.6 is 11.6 Å². The van der Waals surface area contributed by atoms with Crippen LogP contribution in [-0.2, 0) is 10.0 Å². The SMILES string of the molecule is Cc1ccc(S(=O)(=O)Nc2ccc(Nc3cccc(Cl)c3)cn2)cc1. The molecule has 0 saturated carbocycles. The molecule has 3 rings (SSSR count). The summed E-state index contributed by atoms with van der Waals surface area (Å²) < 4.78 is 27.2. The largest absolute Gasteiger partial charge is 0.354 e. The van der Waals surface area contributed by atoms with E-state index in [2.05, 4.69) is 15.0 Å². The van der Waals surface area contributed by atoms with Crippen molar-refractivity contribution in [1.29, 1.82) is 0 Å². The molecule has 0 spiro atoms. The maximum atomic E-state index is 12.3. The van der Waals surface area contributed by atoms with Gasteiger partial charge in [0, 0.05) is 10.7 Å². The molecule has 128 valence electrons. The highest BCUT2D eigenvalue weighted by Gasteiger charge is 2.14. The number of sulfonamides is 1. The fourth-order valence-corrected chi connectivity index (χ4v) is 3.37. The van der Waals surface area contributed by atoms with Crippen molar-refractivity contribution in [2.24, 2.45) is 0 Å². The van der Waals surface area contributed by atoms with Gasteiger partial charge in [-0.1, -0.05) is 35.4 Å². The first-order chi connectivity index (χ1) is 11.9. The van der Waals surface area contributed by atoms with Crippen LogP contribution in [0.4, 0.5) is 17.2 Å². The number of pyridine rings is 1. The number of halogens is 1. The average molecular weight is 374 g/mol. The highest BCUT2D eigenvalue weighted by atomic mass is 35.5. The van der Waals surface area contributed by atoms with Gasteiger partial charge in [0.1, 0.15) is 5.82 Å². The van der Waals surface area contributed by atoms with Crippen molar-refractivity contribution >= 4 is 38.8 Å². The van der Waals surface area contributed by atoms with E-state index in [0.29, 0.717) is 5.02 Å². The van der Waals surface area contributed by atoms with Crippen LogP contribution in [0.5, 0.6) is 0 Å². The quantitative estimate of drug-likeness (QED) is 0.686. The Labute approximate surface area is 151 Å². The zero-order valence-corrected chi connectivity index (χ0v) is 15.0. The smallest absolute Gasteiger partial charge is 0.263 e. The Morgan fingerprint density at radius 2 is 1.72 bits per heavy atom. The molecule has 1 heterocycles. The van der Waals surface area contributed by atoms with E-state index < -0.39 is 10.0 Å². The molecule has 3 aromatic rings. The third kappa shape index (κ3) is 4.49. The maximum Gasteiger partial charge on any atom is 0.263 e. The molecule has 0 saturated heterocycles. The molecular weight excluding hydrogens is 358 g/mol. The van der Waals surface area contributed by atoms with Gasteiger partial charge >= 0.3 is 0 Å². The number of benzene rings is 2. The predicted octanol–water partition coefficient (Wildman–Crippen LogP) is 4.59. The molecule has 0 unspecified atom stereocenters. The van der Waals surface area contributed by atoms with Gasteiger partial charge in [-0.15, -0.1) is 0 Å². The van der Waals surface area contributed by atoms with Gasteiger partial charge in [0.15, 0.2) is 0 Å². The van der Waals surface area contributed by atoms with Crippen LogP contribution in [0.25, 0.3) is 0 Å². The lowest BCUT2D eigenvalue weighted by molar-refractivity contribution is 0.601. The summed E-state index contributed by atoms with van der Waals surface area (Å²) in [7, 11) is -3.66. The minimum Gasteiger partial charge on any atom is -0.354 e. The van der Waals surface area contributed by atoms with E-state index in [4.69, 9.17) is 11.6 Å². The third-order valence-corrected chi connectivity index (χ3v) is 5.05. The number of hydrogen-bond donors (Lipinski definition) is 2. The highest BCUT2D eigenvalue weighted by molar-refractivity contribution is 7.92. The number of hydrogen-bond acceptors (Lipinski definition) is 4. The lowest BCUT2D eigenvalue weighted by atomic mass is 10.2. The molecule has 0 fully saturated rings. The van der Waals surface area contributed by atoms with E-state index >= 15 is 0 Å². The topological polar surface area (TPSA) is 71.1 Å². The van der Waals surface area contributed by atoms with E-state index in [1.807, 2.05) is 19.1 Å². The summed E-state index contributed by atoms with van der Waals surface area (Å²) in [5, 5.41) is 3.77. The van der Waals surface area contributed by atoms with Gasteiger partial charge in [0.25, 0.3) is 10.0 Å². The first-order valence-electron chi connectivity index (χ1n) is 7.50. The Kier molecular flexibility index (Phi) is 4.92. The van der Waals surface area contributed by atoms with Crippen LogP contribution in [0.1, 0.15) is 5.56 Å². The van der Waals surface area contributed by atoms with Crippen LogP contribution in [0, 0.1) is 6.92 Å². The predicted molar refractivity (Wildman–Crippen MR) is 101 cm³/mol. The molecule has 0 amide bonds. The average Bonchev–Trinajstić information content (AvgIpc) is 2.57. The molecule has 0 atom stereocenters. The Morgan fingerprint density at radius 3 is 2.36 bits per heavy atom. The lowest BCUT2D eigenvalue weighted by Gasteiger charge is -2.09. The summed E-state index contributed by atoms with van der Waals surface area (Å²) in [6, 6.07) is 17.2. The van der Waals surface area contributed by atoms with Gasteiger partial charge < -0.3 is 5.32 Å². The fraction of sp³-hybridized carbons (Fsp3) is 0.0556. The van der Waals surface area contributed by atoms with E-state index in [1.54, 1.807) is 54.7 Å². The molecule has 2 N–H and O–H groups in total. The third-order valence-electron chi connectivity index (χ3n) is 3.45. The van der Waals surface area contributed by atoms with Crippen molar-refractivity contribution in [3.63, 3.8) is 0 Å². The highest BCUT2D eigenvalue weighted by Crippen LogP contribution is 2.21. The van der Waals surface area contributed by atoms with Crippen molar-refractivity contribution in [3.8, 4) is 0 Å². The van der Waals surface area contributed by atoms with Crippen molar-refractivity contribution in [2.45, 2.75) is 11.8 Å². The summed E-state index contributed by atoms with van der Waals surface area (Å²) in [4.78, 5) is 4.34. The van der Waals surface area contributed by atoms with Gasteiger partial charge in [-0.2, -0.15) is 0 Å². The zero-order valence-electron chi connectivity index (χ0n) is 13.4. The Balaban J connectivity index is 1.73. The minimum atomic E-state index is -3.66. The van der Waals surface area contributed by atoms with Gasteiger partial charge in [0.2, 0.25) is 0 Å². The first-order valence-corrected chi connectivity index (χ1v) is 9.37. The zero-order chi connectivity index (χ0) is 17.9. The Morgan fingerprint density at radius 1 is 0.960 bits per heavy atom. The van der Waals surface area contributed by atoms with Crippen molar-refractivity contribution in [1.82, 2.24) is 4.98 Å². The molecule has 0 aliphatic heterocycles. The van der Waals surface area contributed by atoms with Crippen molar-refractivity contribution in [2.75, 3.05) is 10.0 Å². The van der Waals surface area contributed by atoms with E-state index in [9.17, 15) is 8.42 Å². The molecule has 7 heteroatoms. The number of aromatic nitrogens is 1. The number of aryl methyl sites for hydroxylation is 1. The first kappa shape index (κ1) is 17.3. The molecule has 0 aliphatic rings. The normalized spacial score (nSPS) is 11.1. The molecule has 2 aromatic carbocycles. The summed E-state index contributed by atoms with van der Waals surface area (Å²) in [5.41, 5.74) is 2.54. The molecule has 0 bridgehead atoms. The molecular formula is C18H16ClN3O2S. The van der Waals surface area contributed by atoms with E-state index in [0.717, 1.165) is 16.9 Å². The van der Waals surface area contributed by atoms with Gasteiger partial charge in [-0.3, -0.25) is 4.72 Å². The number of anilines is 3. The number of nitrogens with one attached hydrogen (secondary N) is 2. The minimum absolute atomic E-state index is 0.195. The molecule has 0 aliphatic carbocycles. The second-order valence-electron chi connectivity index (χ2n) is 5.49. The second kappa shape index (κ2) is 7.13. The van der Waals surface area contributed by atoms with Crippen LogP contribution in [-0.4, -0.2) is 13.4 Å². The van der Waals surface area contributed by atoms with Gasteiger partial charge in [-0.05, 0) is 49.4 Å². The van der Waals surface area contributed by atoms with E-state index in [1.165, 1.54) is 0 Å². The van der Waals surface area contributed by atoms with Crippen LogP contribution in [0.15, 0.2) is 71.8 Å². The second-order valence-corrected chi connectivity index (χ2v) is 7.60. The standard InChI is InChI=1S/C18H16ClN3O2S/c1-13-5-8-17(9-6-13)25(23,24)22-18-10-7-16(12-20-18)21-15-4-2-3-14(19)11-15/h2-12,21H,1H3,(H,20,22). The summed E-state index contributed by atoms with van der Waals surface area (Å²) in [6.07, 6.45) is 1.55. The molecule has 1 aromatic heterocycles. The van der Waals surface area contributed by atoms with Crippen LogP contribution in [0.2, 0.25) is 5.02 Å². The Bertz CT molecular complexity index is 972. The van der Waals surface area contributed by atoms with Gasteiger partial charge in [-0.25, -0.2) is 13.4 Å². The summed E-state index contributed by atoms with van der Waals surface area (Å²) in [6.45, 7) is 1.90. The fourth-order valence-electron chi connectivity index (χ4n) is 2.18. The number of nitrogens with zero attached hydrogens (tertiary/aromatic N) is 1. The van der Waals surface area contributed by atoms with Crippen molar-refractivity contribution < 1.29 is 8.42 Å². The monoisotopic (exact) mass is 373 g/mol. The van der Waals surface area contributed by atoms with E-state index in [-0.39, 0.29) is 10.7 Å². The lowest BCUT2D eigenvalue weighted by Crippen LogP contribution is -2.13. The molecule has 25 heavy (non-hydrogen) atoms. The maximum absolute atomic E-state index is 12.3. The molecule has 5 nitrogen and oxygen atoms in total.